The molecule has 1 fully saturated rings. The third-order valence-electron chi connectivity index (χ3n) is 2.97. The minimum atomic E-state index is -4.32. The summed E-state index contributed by atoms with van der Waals surface area (Å²) >= 11 is 0. The summed E-state index contributed by atoms with van der Waals surface area (Å²) in [7, 11) is 1.25. The summed E-state index contributed by atoms with van der Waals surface area (Å²) in [4.78, 5) is 1.50. The van der Waals surface area contributed by atoms with Gasteiger partial charge in [-0.1, -0.05) is 5.16 Å². The Labute approximate surface area is 97.0 Å². The maximum absolute atomic E-state index is 13.0. The van der Waals surface area contributed by atoms with Crippen molar-refractivity contribution in [3.8, 4) is 0 Å². The summed E-state index contributed by atoms with van der Waals surface area (Å²) in [5, 5.41) is 11.1. The summed E-state index contributed by atoms with van der Waals surface area (Å²) in [6.45, 7) is -0.291. The molecule has 0 aromatic carbocycles. The SMILES string of the molecule is COC[C@@]1(C(F)(F)F)CCN(CC(N)=NO)C1. The van der Waals surface area contributed by atoms with Crippen molar-refractivity contribution >= 4 is 5.84 Å². The number of nitrogens with two attached hydrogens (primary N) is 1. The number of hydrogen-bond acceptors (Lipinski definition) is 4. The molecule has 1 aliphatic heterocycles. The van der Waals surface area contributed by atoms with Crippen LogP contribution in [0.5, 0.6) is 0 Å². The van der Waals surface area contributed by atoms with Gasteiger partial charge < -0.3 is 15.7 Å². The second-order valence-corrected chi connectivity index (χ2v) is 4.26. The second-order valence-electron chi connectivity index (χ2n) is 4.26. The number of hydrogen-bond donors (Lipinski definition) is 2. The Morgan fingerprint density at radius 1 is 1.59 bits per heavy atom. The molecule has 0 aliphatic carbocycles. The molecule has 100 valence electrons. The highest BCUT2D eigenvalue weighted by molar-refractivity contribution is 5.81. The van der Waals surface area contributed by atoms with Crippen molar-refractivity contribution in [2.45, 2.75) is 12.6 Å². The molecule has 0 bridgehead atoms. The van der Waals surface area contributed by atoms with Crippen molar-refractivity contribution in [2.75, 3.05) is 33.4 Å². The van der Waals surface area contributed by atoms with Gasteiger partial charge in [0.15, 0.2) is 5.84 Å². The quantitative estimate of drug-likeness (QED) is 0.334. The van der Waals surface area contributed by atoms with Crippen molar-refractivity contribution in [2.24, 2.45) is 16.3 Å². The first-order chi connectivity index (χ1) is 7.84. The predicted octanol–water partition coefficient (Wildman–Crippen LogP) is 0.634. The average molecular weight is 255 g/mol. The van der Waals surface area contributed by atoms with Gasteiger partial charge in [-0.15, -0.1) is 0 Å². The largest absolute Gasteiger partial charge is 0.409 e. The third-order valence-corrected chi connectivity index (χ3v) is 2.97. The number of rotatable bonds is 4. The van der Waals surface area contributed by atoms with E-state index in [1.165, 1.54) is 12.0 Å². The van der Waals surface area contributed by atoms with E-state index in [2.05, 4.69) is 9.89 Å². The van der Waals surface area contributed by atoms with Gasteiger partial charge in [-0.25, -0.2) is 0 Å². The Kier molecular flexibility index (Phi) is 4.21. The molecule has 5 nitrogen and oxygen atoms in total. The smallest absolute Gasteiger partial charge is 0.397 e. The Morgan fingerprint density at radius 2 is 2.24 bits per heavy atom. The molecular weight excluding hydrogens is 239 g/mol. The molecule has 17 heavy (non-hydrogen) atoms. The standard InChI is InChI=1S/C9H16F3N3O2/c1-17-6-8(9(10,11)12)2-3-15(5-8)4-7(13)14-16/h16H,2-6H2,1H3,(H2,13,14)/t8-/m1/s1. The van der Waals surface area contributed by atoms with Crippen molar-refractivity contribution in [3.05, 3.63) is 0 Å². The van der Waals surface area contributed by atoms with Crippen LogP contribution in [0.3, 0.4) is 0 Å². The number of amidine groups is 1. The zero-order valence-electron chi connectivity index (χ0n) is 9.50. The van der Waals surface area contributed by atoms with E-state index in [1.807, 2.05) is 0 Å². The molecule has 0 radical (unpaired) electrons. The van der Waals surface area contributed by atoms with Crippen LogP contribution >= 0.6 is 0 Å². The minimum absolute atomic E-state index is 0.0258. The number of likely N-dealkylation sites (tertiary alicyclic amines) is 1. The molecule has 1 heterocycles. The van der Waals surface area contributed by atoms with Gasteiger partial charge in [0.2, 0.25) is 0 Å². The van der Waals surface area contributed by atoms with E-state index in [0.29, 0.717) is 0 Å². The number of alkyl halides is 3. The maximum atomic E-state index is 13.0. The van der Waals surface area contributed by atoms with Gasteiger partial charge in [0.05, 0.1) is 13.2 Å². The number of ether oxygens (including phenoxy) is 1. The highest BCUT2D eigenvalue weighted by Crippen LogP contribution is 2.45. The van der Waals surface area contributed by atoms with Crippen LogP contribution in [0.4, 0.5) is 13.2 Å². The van der Waals surface area contributed by atoms with Gasteiger partial charge in [-0.3, -0.25) is 4.90 Å². The first-order valence-electron chi connectivity index (χ1n) is 5.09. The number of halogens is 3. The molecule has 0 aromatic rings. The summed E-state index contributed by atoms with van der Waals surface area (Å²) in [5.41, 5.74) is 3.42. The van der Waals surface area contributed by atoms with E-state index in [4.69, 9.17) is 10.9 Å². The van der Waals surface area contributed by atoms with E-state index in [1.54, 1.807) is 0 Å². The zero-order chi connectivity index (χ0) is 13.1. The van der Waals surface area contributed by atoms with Gasteiger partial charge in [0.25, 0.3) is 0 Å². The number of nitrogens with zero attached hydrogens (tertiary/aromatic N) is 2. The summed E-state index contributed by atoms with van der Waals surface area (Å²) in [5.74, 6) is -0.0969. The molecule has 1 atom stereocenters. The van der Waals surface area contributed by atoms with E-state index in [0.717, 1.165) is 0 Å². The van der Waals surface area contributed by atoms with Gasteiger partial charge in [0.1, 0.15) is 5.41 Å². The fraction of sp³-hybridized carbons (Fsp3) is 0.889. The van der Waals surface area contributed by atoms with Crippen molar-refractivity contribution in [1.29, 1.82) is 0 Å². The summed E-state index contributed by atoms with van der Waals surface area (Å²) in [6, 6.07) is 0. The van der Waals surface area contributed by atoms with Gasteiger partial charge in [-0.05, 0) is 13.0 Å². The topological polar surface area (TPSA) is 71.1 Å². The Bertz CT molecular complexity index is 296. The van der Waals surface area contributed by atoms with Crippen LogP contribution in [0.1, 0.15) is 6.42 Å². The predicted molar refractivity (Wildman–Crippen MR) is 54.8 cm³/mol. The maximum Gasteiger partial charge on any atom is 0.397 e. The second kappa shape index (κ2) is 5.09. The van der Waals surface area contributed by atoms with Crippen molar-refractivity contribution < 1.29 is 23.1 Å². The molecule has 1 rings (SSSR count). The van der Waals surface area contributed by atoms with Crippen LogP contribution in [-0.4, -0.2) is 55.5 Å². The molecule has 1 saturated heterocycles. The Morgan fingerprint density at radius 3 is 2.71 bits per heavy atom. The summed E-state index contributed by atoms with van der Waals surface area (Å²) in [6.07, 6.45) is -4.36. The highest BCUT2D eigenvalue weighted by Gasteiger charge is 2.57. The van der Waals surface area contributed by atoms with Crippen LogP contribution in [0.2, 0.25) is 0 Å². The molecular formula is C9H16F3N3O2. The molecule has 0 saturated carbocycles. The Balaban J connectivity index is 2.72. The van der Waals surface area contributed by atoms with Crippen LogP contribution in [0.25, 0.3) is 0 Å². The lowest BCUT2D eigenvalue weighted by atomic mass is 9.87. The number of methoxy groups -OCH3 is 1. The lowest BCUT2D eigenvalue weighted by Crippen LogP contribution is -2.45. The molecule has 1 aliphatic rings. The van der Waals surface area contributed by atoms with E-state index < -0.39 is 11.6 Å². The van der Waals surface area contributed by atoms with E-state index in [9.17, 15) is 13.2 Å². The van der Waals surface area contributed by atoms with E-state index in [-0.39, 0.29) is 38.5 Å². The number of oxime groups is 1. The fourth-order valence-corrected chi connectivity index (χ4v) is 2.06. The van der Waals surface area contributed by atoms with Gasteiger partial charge in [0, 0.05) is 13.7 Å². The van der Waals surface area contributed by atoms with Crippen LogP contribution in [-0.2, 0) is 4.74 Å². The monoisotopic (exact) mass is 255 g/mol. The highest BCUT2D eigenvalue weighted by atomic mass is 19.4. The molecule has 0 amide bonds. The first-order valence-corrected chi connectivity index (χ1v) is 5.09. The molecule has 8 heteroatoms. The van der Waals surface area contributed by atoms with Gasteiger partial charge in [-0.2, -0.15) is 13.2 Å². The molecule has 0 aromatic heterocycles. The normalized spacial score (nSPS) is 27.6. The first kappa shape index (κ1) is 14.0. The van der Waals surface area contributed by atoms with Gasteiger partial charge >= 0.3 is 6.18 Å². The fourth-order valence-electron chi connectivity index (χ4n) is 2.06. The lowest BCUT2D eigenvalue weighted by molar-refractivity contribution is -0.232. The Hall–Kier alpha value is -1.02. The molecule has 3 N–H and O–H groups in total. The third kappa shape index (κ3) is 3.01. The van der Waals surface area contributed by atoms with Crippen LogP contribution in [0, 0.1) is 5.41 Å². The van der Waals surface area contributed by atoms with Crippen LogP contribution < -0.4 is 5.73 Å². The average Bonchev–Trinajstić information content (AvgIpc) is 2.62. The minimum Gasteiger partial charge on any atom is -0.409 e. The molecule has 0 unspecified atom stereocenters. The summed E-state index contributed by atoms with van der Waals surface area (Å²) < 4.78 is 43.6. The van der Waals surface area contributed by atoms with Crippen molar-refractivity contribution in [1.82, 2.24) is 4.90 Å². The van der Waals surface area contributed by atoms with Crippen LogP contribution in [0.15, 0.2) is 5.16 Å². The zero-order valence-corrected chi connectivity index (χ0v) is 9.50. The van der Waals surface area contributed by atoms with Crippen molar-refractivity contribution in [3.63, 3.8) is 0 Å². The van der Waals surface area contributed by atoms with E-state index >= 15 is 0 Å². The lowest BCUT2D eigenvalue weighted by Gasteiger charge is -2.31. The molecule has 0 spiro atoms.